The van der Waals surface area contributed by atoms with E-state index in [2.05, 4.69) is 5.32 Å². The Morgan fingerprint density at radius 3 is 2.34 bits per heavy atom. The molecule has 29 heavy (non-hydrogen) atoms. The molecule has 2 rings (SSSR count). The van der Waals surface area contributed by atoms with Gasteiger partial charge in [0.05, 0.1) is 30.2 Å². The number of rotatable bonds is 8. The van der Waals surface area contributed by atoms with Crippen LogP contribution in [-0.2, 0) is 6.18 Å². The van der Waals surface area contributed by atoms with Crippen molar-refractivity contribution < 1.29 is 27.4 Å². The lowest BCUT2D eigenvalue weighted by molar-refractivity contribution is -0.137. The van der Waals surface area contributed by atoms with Gasteiger partial charge in [-0.2, -0.15) is 13.2 Å². The fourth-order valence-corrected chi connectivity index (χ4v) is 2.65. The number of amides is 1. The Hall–Kier alpha value is -2.90. The Morgan fingerprint density at radius 1 is 1.03 bits per heavy atom. The predicted octanol–water partition coefficient (Wildman–Crippen LogP) is 5.21. The molecule has 0 aliphatic rings. The highest BCUT2D eigenvalue weighted by molar-refractivity contribution is 6.06. The summed E-state index contributed by atoms with van der Waals surface area (Å²) in [6.45, 7) is 4.66. The molecule has 0 saturated heterocycles. The number of hydrogen-bond acceptors (Lipinski definition) is 4. The maximum atomic E-state index is 13.1. The molecule has 2 aromatic rings. The molecule has 0 bridgehead atoms. The number of ether oxygens (including phenoxy) is 2. The van der Waals surface area contributed by atoms with Crippen molar-refractivity contribution in [3.05, 3.63) is 47.5 Å². The van der Waals surface area contributed by atoms with Gasteiger partial charge in [0, 0.05) is 19.7 Å². The van der Waals surface area contributed by atoms with E-state index in [1.807, 2.05) is 13.8 Å². The summed E-state index contributed by atoms with van der Waals surface area (Å²) in [5.74, 6) is 0.374. The van der Waals surface area contributed by atoms with Crippen LogP contribution >= 0.6 is 0 Å². The van der Waals surface area contributed by atoms with E-state index in [-0.39, 0.29) is 11.3 Å². The highest BCUT2D eigenvalue weighted by atomic mass is 19.4. The van der Waals surface area contributed by atoms with Crippen LogP contribution in [0.3, 0.4) is 0 Å². The number of carbonyl (C=O) groups excluding carboxylic acids is 1. The quantitative estimate of drug-likeness (QED) is 0.649. The molecule has 0 aliphatic carbocycles. The fraction of sp³-hybridized carbons (Fsp3) is 0.381. The van der Waals surface area contributed by atoms with E-state index in [9.17, 15) is 18.0 Å². The maximum absolute atomic E-state index is 13.1. The molecule has 0 saturated carbocycles. The minimum absolute atomic E-state index is 0.0686. The molecule has 1 amide bonds. The molecule has 0 spiro atoms. The van der Waals surface area contributed by atoms with Gasteiger partial charge in [-0.25, -0.2) is 0 Å². The number of anilines is 2. The van der Waals surface area contributed by atoms with Crippen LogP contribution in [0.5, 0.6) is 11.5 Å². The van der Waals surface area contributed by atoms with Crippen molar-refractivity contribution in [2.45, 2.75) is 26.4 Å². The second kappa shape index (κ2) is 9.54. The van der Waals surface area contributed by atoms with Crippen LogP contribution < -0.4 is 19.7 Å². The van der Waals surface area contributed by atoms with Gasteiger partial charge in [-0.3, -0.25) is 4.79 Å². The molecule has 8 heteroatoms. The highest BCUT2D eigenvalue weighted by Gasteiger charge is 2.31. The van der Waals surface area contributed by atoms with Gasteiger partial charge >= 0.3 is 6.18 Å². The molecule has 2 aromatic carbocycles. The largest absolute Gasteiger partial charge is 0.490 e. The van der Waals surface area contributed by atoms with Gasteiger partial charge in [0.2, 0.25) is 0 Å². The zero-order valence-corrected chi connectivity index (χ0v) is 16.9. The van der Waals surface area contributed by atoms with E-state index in [1.165, 1.54) is 12.1 Å². The number of nitrogens with one attached hydrogen (secondary N) is 1. The molecule has 0 heterocycles. The van der Waals surface area contributed by atoms with E-state index in [1.54, 1.807) is 31.1 Å². The van der Waals surface area contributed by atoms with Gasteiger partial charge in [-0.05, 0) is 49.7 Å². The third-order valence-electron chi connectivity index (χ3n) is 4.02. The monoisotopic (exact) mass is 410 g/mol. The molecular formula is C21H25F3N2O3. The summed E-state index contributed by atoms with van der Waals surface area (Å²) in [6.07, 6.45) is -3.69. The molecule has 5 nitrogen and oxygen atoms in total. The first-order valence-electron chi connectivity index (χ1n) is 9.26. The van der Waals surface area contributed by atoms with E-state index in [0.717, 1.165) is 18.6 Å². The smallest absolute Gasteiger partial charge is 0.416 e. The van der Waals surface area contributed by atoms with Crippen LogP contribution in [0.1, 0.15) is 36.2 Å². The van der Waals surface area contributed by atoms with E-state index < -0.39 is 17.6 Å². The summed E-state index contributed by atoms with van der Waals surface area (Å²) in [5.41, 5.74) is -0.0606. The first kappa shape index (κ1) is 22.4. The zero-order valence-electron chi connectivity index (χ0n) is 16.9. The third kappa shape index (κ3) is 5.79. The molecule has 158 valence electrons. The van der Waals surface area contributed by atoms with Gasteiger partial charge in [0.25, 0.3) is 5.91 Å². The van der Waals surface area contributed by atoms with Crippen LogP contribution in [-0.4, -0.2) is 33.2 Å². The summed E-state index contributed by atoms with van der Waals surface area (Å²) in [6, 6.07) is 7.92. The number of alkyl halides is 3. The Bertz CT molecular complexity index is 852. The Labute approximate surface area is 168 Å². The Balaban J connectivity index is 2.35. The Morgan fingerprint density at radius 2 is 1.76 bits per heavy atom. The number of hydrogen-bond donors (Lipinski definition) is 1. The second-order valence-electron chi connectivity index (χ2n) is 6.52. The van der Waals surface area contributed by atoms with Crippen LogP contribution in [0, 0.1) is 0 Å². The molecule has 0 atom stereocenters. The van der Waals surface area contributed by atoms with Crippen molar-refractivity contribution in [3.8, 4) is 11.5 Å². The highest BCUT2D eigenvalue weighted by Crippen LogP contribution is 2.35. The predicted molar refractivity (Wildman–Crippen MR) is 107 cm³/mol. The van der Waals surface area contributed by atoms with Gasteiger partial charge in [0.15, 0.2) is 11.5 Å². The average Bonchev–Trinajstić information content (AvgIpc) is 2.66. The number of halogens is 3. The summed E-state index contributed by atoms with van der Waals surface area (Å²) in [7, 11) is 3.37. The Kier molecular flexibility index (Phi) is 7.36. The molecule has 0 unspecified atom stereocenters. The molecule has 1 N–H and O–H groups in total. The molecule has 0 fully saturated rings. The zero-order chi connectivity index (χ0) is 21.6. The van der Waals surface area contributed by atoms with Crippen LogP contribution in [0.4, 0.5) is 24.5 Å². The summed E-state index contributed by atoms with van der Waals surface area (Å²) in [4.78, 5) is 14.4. The summed E-state index contributed by atoms with van der Waals surface area (Å²) in [5, 5.41) is 2.58. The SMILES string of the molecule is CCCOc1ccc(C(=O)Nc2cc(C(F)(F)F)ccc2N(C)C)cc1OCC. The first-order valence-corrected chi connectivity index (χ1v) is 9.26. The summed E-state index contributed by atoms with van der Waals surface area (Å²) >= 11 is 0. The second-order valence-corrected chi connectivity index (χ2v) is 6.52. The minimum atomic E-state index is -4.51. The first-order chi connectivity index (χ1) is 13.7. The number of carbonyl (C=O) groups is 1. The lowest BCUT2D eigenvalue weighted by Gasteiger charge is -2.20. The van der Waals surface area contributed by atoms with Crippen molar-refractivity contribution in [2.24, 2.45) is 0 Å². The molecular weight excluding hydrogens is 385 g/mol. The van der Waals surface area contributed by atoms with Crippen LogP contribution in [0.15, 0.2) is 36.4 Å². The van der Waals surface area contributed by atoms with E-state index in [4.69, 9.17) is 9.47 Å². The number of nitrogens with zero attached hydrogens (tertiary/aromatic N) is 1. The van der Waals surface area contributed by atoms with Gasteiger partial charge < -0.3 is 19.7 Å². The van der Waals surface area contributed by atoms with E-state index in [0.29, 0.717) is 30.4 Å². The van der Waals surface area contributed by atoms with Crippen molar-refractivity contribution in [1.82, 2.24) is 0 Å². The van der Waals surface area contributed by atoms with Crippen molar-refractivity contribution >= 4 is 17.3 Å². The minimum Gasteiger partial charge on any atom is -0.490 e. The van der Waals surface area contributed by atoms with Crippen molar-refractivity contribution in [2.75, 3.05) is 37.5 Å². The topological polar surface area (TPSA) is 50.8 Å². The van der Waals surface area contributed by atoms with E-state index >= 15 is 0 Å². The average molecular weight is 410 g/mol. The molecule has 0 aliphatic heterocycles. The molecule has 0 aromatic heterocycles. The lowest BCUT2D eigenvalue weighted by atomic mass is 10.1. The van der Waals surface area contributed by atoms with Gasteiger partial charge in [-0.15, -0.1) is 0 Å². The summed E-state index contributed by atoms with van der Waals surface area (Å²) < 4.78 is 50.4. The normalized spacial score (nSPS) is 11.1. The van der Waals surface area contributed by atoms with Crippen molar-refractivity contribution in [3.63, 3.8) is 0 Å². The standard InChI is InChI=1S/C21H25F3N2O3/c1-5-11-29-18-10-7-14(12-19(18)28-6-2)20(27)25-16-13-15(21(22,23)24)8-9-17(16)26(3)4/h7-10,12-13H,5-6,11H2,1-4H3,(H,25,27). The maximum Gasteiger partial charge on any atom is 0.416 e. The van der Waals surface area contributed by atoms with Crippen LogP contribution in [0.25, 0.3) is 0 Å². The van der Waals surface area contributed by atoms with Gasteiger partial charge in [0.1, 0.15) is 0 Å². The third-order valence-corrected chi connectivity index (χ3v) is 4.02. The fourth-order valence-electron chi connectivity index (χ4n) is 2.65. The number of benzene rings is 2. The van der Waals surface area contributed by atoms with Crippen molar-refractivity contribution in [1.29, 1.82) is 0 Å². The lowest BCUT2D eigenvalue weighted by Crippen LogP contribution is -2.18. The van der Waals surface area contributed by atoms with Gasteiger partial charge in [-0.1, -0.05) is 6.92 Å². The van der Waals surface area contributed by atoms with Crippen LogP contribution in [0.2, 0.25) is 0 Å². The molecule has 0 radical (unpaired) electrons.